The fourth-order valence-corrected chi connectivity index (χ4v) is 0.847. The van der Waals surface area contributed by atoms with Gasteiger partial charge in [-0.3, -0.25) is 0 Å². The summed E-state index contributed by atoms with van der Waals surface area (Å²) in [4.78, 5) is 0. The summed E-state index contributed by atoms with van der Waals surface area (Å²) in [6.45, 7) is 0. The second-order valence-corrected chi connectivity index (χ2v) is 1.92. The van der Waals surface area contributed by atoms with Gasteiger partial charge in [0.2, 0.25) is 0 Å². The second kappa shape index (κ2) is 1.62. The highest BCUT2D eigenvalue weighted by Crippen LogP contribution is 2.16. The van der Waals surface area contributed by atoms with Gasteiger partial charge in [0.15, 0.2) is 0 Å². The molecule has 44 valence electrons. The molecule has 1 heterocycles. The maximum atomic E-state index is 3.81. The van der Waals surface area contributed by atoms with Crippen molar-refractivity contribution in [2.75, 3.05) is 0 Å². The summed E-state index contributed by atoms with van der Waals surface area (Å²) < 4.78 is 0. The molecule has 0 atom stereocenters. The van der Waals surface area contributed by atoms with E-state index < -0.39 is 0 Å². The van der Waals surface area contributed by atoms with Gasteiger partial charge in [0, 0.05) is 6.42 Å². The molecule has 0 spiro atoms. The first-order valence-electron chi connectivity index (χ1n) is 2.81. The van der Waals surface area contributed by atoms with Crippen molar-refractivity contribution in [3.05, 3.63) is 23.9 Å². The maximum absolute atomic E-state index is 3.81. The van der Waals surface area contributed by atoms with Gasteiger partial charge >= 0.3 is 0 Å². The minimum absolute atomic E-state index is 0.874. The van der Waals surface area contributed by atoms with Crippen molar-refractivity contribution in [3.63, 3.8) is 0 Å². The lowest BCUT2D eigenvalue weighted by Crippen LogP contribution is -1.97. The molecule has 1 aliphatic carbocycles. The van der Waals surface area contributed by atoms with Crippen molar-refractivity contribution in [2.24, 2.45) is 15.4 Å². The summed E-state index contributed by atoms with van der Waals surface area (Å²) in [6.07, 6.45) is 6.80. The van der Waals surface area contributed by atoms with Crippen LogP contribution in [0.25, 0.3) is 0 Å². The largest absolute Gasteiger partial charge is 0.133 e. The van der Waals surface area contributed by atoms with Gasteiger partial charge in [-0.2, -0.15) is 0 Å². The van der Waals surface area contributed by atoms with E-state index >= 15 is 0 Å². The standard InChI is InChI=1S/C6H5N3/c1-2-4-6-5(3-1)7-9-8-6/h1-3H,4H2. The van der Waals surface area contributed by atoms with Gasteiger partial charge < -0.3 is 0 Å². The second-order valence-electron chi connectivity index (χ2n) is 1.92. The van der Waals surface area contributed by atoms with E-state index in [4.69, 9.17) is 0 Å². The molecule has 0 bridgehead atoms. The lowest BCUT2D eigenvalue weighted by molar-refractivity contribution is 1.09. The van der Waals surface area contributed by atoms with Crippen LogP contribution in [0, 0.1) is 0 Å². The molecule has 0 fully saturated rings. The molecule has 1 aliphatic heterocycles. The molecule has 0 saturated heterocycles. The van der Waals surface area contributed by atoms with Gasteiger partial charge in [0.1, 0.15) is 5.70 Å². The molecule has 3 nitrogen and oxygen atoms in total. The van der Waals surface area contributed by atoms with Crippen LogP contribution in [0.2, 0.25) is 0 Å². The molecule has 0 aromatic carbocycles. The zero-order valence-corrected chi connectivity index (χ0v) is 4.78. The molecule has 0 amide bonds. The first kappa shape index (κ1) is 4.61. The van der Waals surface area contributed by atoms with Gasteiger partial charge in [0.25, 0.3) is 0 Å². The SMILES string of the molecule is C1=CCC2=NN=NC2=C1. The Labute approximate surface area is 52.5 Å². The number of hydrogen-bond acceptors (Lipinski definition) is 3. The van der Waals surface area contributed by atoms with Crippen molar-refractivity contribution < 1.29 is 0 Å². The monoisotopic (exact) mass is 119 g/mol. The molecule has 3 heteroatoms. The summed E-state index contributed by atoms with van der Waals surface area (Å²) in [5.41, 5.74) is 1.90. The first-order valence-corrected chi connectivity index (χ1v) is 2.81. The number of allylic oxidation sites excluding steroid dienone is 4. The van der Waals surface area contributed by atoms with Gasteiger partial charge in [-0.25, -0.2) is 0 Å². The van der Waals surface area contributed by atoms with E-state index in [-0.39, 0.29) is 0 Å². The van der Waals surface area contributed by atoms with Crippen LogP contribution in [0.15, 0.2) is 39.4 Å². The van der Waals surface area contributed by atoms with Crippen LogP contribution < -0.4 is 0 Å². The summed E-state index contributed by atoms with van der Waals surface area (Å²) >= 11 is 0. The predicted octanol–water partition coefficient (Wildman–Crippen LogP) is 1.65. The fraction of sp³-hybridized carbons (Fsp3) is 0.167. The average molecular weight is 119 g/mol. The first-order chi connectivity index (χ1) is 4.47. The molecular weight excluding hydrogens is 114 g/mol. The van der Waals surface area contributed by atoms with Gasteiger partial charge in [-0.05, 0) is 11.3 Å². The third-order valence-corrected chi connectivity index (χ3v) is 1.31. The van der Waals surface area contributed by atoms with Crippen LogP contribution in [0.3, 0.4) is 0 Å². The Morgan fingerprint density at radius 1 is 1.44 bits per heavy atom. The van der Waals surface area contributed by atoms with Crippen molar-refractivity contribution in [2.45, 2.75) is 6.42 Å². The number of fused-ring (bicyclic) bond motifs is 1. The zero-order valence-electron chi connectivity index (χ0n) is 4.78. The van der Waals surface area contributed by atoms with Gasteiger partial charge in [-0.15, -0.1) is 10.2 Å². The summed E-state index contributed by atoms with van der Waals surface area (Å²) in [7, 11) is 0. The average Bonchev–Trinajstić information content (AvgIpc) is 2.33. The minimum Gasteiger partial charge on any atom is -0.133 e. The minimum atomic E-state index is 0.874. The quantitative estimate of drug-likeness (QED) is 0.465. The van der Waals surface area contributed by atoms with Crippen molar-refractivity contribution in [3.8, 4) is 0 Å². The third kappa shape index (κ3) is 0.614. The summed E-state index contributed by atoms with van der Waals surface area (Å²) in [6, 6.07) is 0. The smallest absolute Gasteiger partial charge is 0.111 e. The maximum Gasteiger partial charge on any atom is 0.111 e. The third-order valence-electron chi connectivity index (χ3n) is 1.31. The van der Waals surface area contributed by atoms with Crippen LogP contribution in [-0.2, 0) is 0 Å². The van der Waals surface area contributed by atoms with E-state index in [2.05, 4.69) is 15.4 Å². The molecule has 0 N–H and O–H groups in total. The number of rotatable bonds is 0. The van der Waals surface area contributed by atoms with Crippen molar-refractivity contribution in [1.82, 2.24) is 0 Å². The highest BCUT2D eigenvalue weighted by molar-refractivity contribution is 6.02. The van der Waals surface area contributed by atoms with Crippen LogP contribution in [0.4, 0.5) is 0 Å². The highest BCUT2D eigenvalue weighted by Gasteiger charge is 2.11. The Bertz CT molecular complexity index is 245. The van der Waals surface area contributed by atoms with E-state index in [9.17, 15) is 0 Å². The van der Waals surface area contributed by atoms with E-state index in [1.165, 1.54) is 0 Å². The summed E-state index contributed by atoms with van der Waals surface area (Å²) in [5, 5.41) is 11.1. The number of hydrogen-bond donors (Lipinski definition) is 0. The Morgan fingerprint density at radius 2 is 2.44 bits per heavy atom. The van der Waals surface area contributed by atoms with Crippen molar-refractivity contribution >= 4 is 5.71 Å². The lowest BCUT2D eigenvalue weighted by Gasteiger charge is -1.97. The van der Waals surface area contributed by atoms with Gasteiger partial charge in [-0.1, -0.05) is 12.2 Å². The molecule has 9 heavy (non-hydrogen) atoms. The fourth-order valence-electron chi connectivity index (χ4n) is 0.847. The Kier molecular flexibility index (Phi) is 0.828. The van der Waals surface area contributed by atoms with E-state index in [0.29, 0.717) is 0 Å². The molecule has 0 saturated carbocycles. The Balaban J connectivity index is 2.46. The Hall–Kier alpha value is -1.25. The molecule has 0 aromatic rings. The highest BCUT2D eigenvalue weighted by atomic mass is 15.4. The van der Waals surface area contributed by atoms with Crippen LogP contribution >= 0.6 is 0 Å². The predicted molar refractivity (Wildman–Crippen MR) is 34.1 cm³/mol. The topological polar surface area (TPSA) is 37.1 Å². The van der Waals surface area contributed by atoms with E-state index in [1.54, 1.807) is 0 Å². The molecule has 0 unspecified atom stereocenters. The van der Waals surface area contributed by atoms with Crippen molar-refractivity contribution in [1.29, 1.82) is 0 Å². The van der Waals surface area contributed by atoms with Crippen LogP contribution in [-0.4, -0.2) is 5.71 Å². The molecule has 0 radical (unpaired) electrons. The molecule has 2 rings (SSSR count). The molecule has 0 aromatic heterocycles. The molecule has 2 aliphatic rings. The van der Waals surface area contributed by atoms with Gasteiger partial charge in [0.05, 0.1) is 5.71 Å². The lowest BCUT2D eigenvalue weighted by atomic mass is 10.1. The van der Waals surface area contributed by atoms with E-state index in [1.807, 2.05) is 18.2 Å². The van der Waals surface area contributed by atoms with E-state index in [0.717, 1.165) is 17.8 Å². The molecular formula is C6H5N3. The Morgan fingerprint density at radius 3 is 3.33 bits per heavy atom. The van der Waals surface area contributed by atoms with Crippen LogP contribution in [0.5, 0.6) is 0 Å². The summed E-state index contributed by atoms with van der Waals surface area (Å²) in [5.74, 6) is 0. The van der Waals surface area contributed by atoms with Crippen LogP contribution in [0.1, 0.15) is 6.42 Å². The normalized spacial score (nSPS) is 21.3. The zero-order chi connectivity index (χ0) is 6.10. The number of nitrogens with zero attached hydrogens (tertiary/aromatic N) is 3.